The normalized spacial score (nSPS) is 20.4. The summed E-state index contributed by atoms with van der Waals surface area (Å²) in [4.78, 5) is 15.6. The molecular weight excluding hydrogens is 300 g/mol. The van der Waals surface area contributed by atoms with Crippen LogP contribution in [-0.2, 0) is 0 Å². The van der Waals surface area contributed by atoms with E-state index >= 15 is 0 Å². The van der Waals surface area contributed by atoms with Gasteiger partial charge in [-0.3, -0.25) is 4.98 Å². The molecule has 0 aliphatic heterocycles. The Morgan fingerprint density at radius 3 is 2.83 bits per heavy atom. The molecule has 126 valence electrons. The predicted molar refractivity (Wildman–Crippen MR) is 97.2 cm³/mol. The van der Waals surface area contributed by atoms with E-state index in [9.17, 15) is 4.79 Å². The topological polar surface area (TPSA) is 80.0 Å². The van der Waals surface area contributed by atoms with Crippen LogP contribution in [0.25, 0.3) is 0 Å². The van der Waals surface area contributed by atoms with Crippen molar-refractivity contribution in [3.05, 3.63) is 53.9 Å². The molecular formula is C19H24N4O. The summed E-state index contributed by atoms with van der Waals surface area (Å²) in [5.74, 6) is 0.504. The van der Waals surface area contributed by atoms with Crippen molar-refractivity contribution in [1.29, 1.82) is 0 Å². The largest absolute Gasteiger partial charge is 0.382 e. The molecule has 4 N–H and O–H groups in total. The van der Waals surface area contributed by atoms with Crippen molar-refractivity contribution in [2.45, 2.75) is 44.6 Å². The first-order valence-electron chi connectivity index (χ1n) is 8.46. The van der Waals surface area contributed by atoms with Gasteiger partial charge >= 0.3 is 6.03 Å². The SMILES string of the molecule is Cc1cccnc1C1CCCC(Nc2cccc(NC(N)=O)c2)C1. The van der Waals surface area contributed by atoms with E-state index in [2.05, 4.69) is 28.6 Å². The van der Waals surface area contributed by atoms with Crippen LogP contribution in [0.5, 0.6) is 0 Å². The summed E-state index contributed by atoms with van der Waals surface area (Å²) in [5, 5.41) is 6.21. The highest BCUT2D eigenvalue weighted by molar-refractivity contribution is 5.88. The Labute approximate surface area is 142 Å². The number of rotatable bonds is 4. The fourth-order valence-corrected chi connectivity index (χ4v) is 3.56. The summed E-state index contributed by atoms with van der Waals surface area (Å²) in [6, 6.07) is 11.7. The van der Waals surface area contributed by atoms with Crippen molar-refractivity contribution in [2.75, 3.05) is 10.6 Å². The molecule has 2 atom stereocenters. The number of anilines is 2. The number of hydrogen-bond acceptors (Lipinski definition) is 3. The highest BCUT2D eigenvalue weighted by Gasteiger charge is 2.25. The number of carbonyl (C=O) groups excluding carboxylic acids is 1. The standard InChI is InChI=1S/C19H24N4O/c1-13-5-4-10-21-18(13)14-6-2-7-15(11-14)22-16-8-3-9-17(12-16)23-19(20)24/h3-5,8-10,12,14-15,22H,2,6-7,11H2,1H3,(H3,20,23,24). The molecule has 2 aromatic rings. The van der Waals surface area contributed by atoms with Gasteiger partial charge in [-0.25, -0.2) is 4.79 Å². The molecule has 1 aromatic carbocycles. The fraction of sp³-hybridized carbons (Fsp3) is 0.368. The van der Waals surface area contributed by atoms with Crippen LogP contribution < -0.4 is 16.4 Å². The van der Waals surface area contributed by atoms with Gasteiger partial charge in [0, 0.05) is 35.2 Å². The number of nitrogens with two attached hydrogens (primary N) is 1. The van der Waals surface area contributed by atoms with Crippen LogP contribution in [0.4, 0.5) is 16.2 Å². The minimum atomic E-state index is -0.546. The van der Waals surface area contributed by atoms with Crippen LogP contribution in [0.3, 0.4) is 0 Å². The second-order valence-electron chi connectivity index (χ2n) is 6.48. The smallest absolute Gasteiger partial charge is 0.316 e. The number of benzene rings is 1. The number of amides is 2. The highest BCUT2D eigenvalue weighted by Crippen LogP contribution is 2.34. The third kappa shape index (κ3) is 4.04. The summed E-state index contributed by atoms with van der Waals surface area (Å²) in [6.45, 7) is 2.14. The van der Waals surface area contributed by atoms with Crippen molar-refractivity contribution < 1.29 is 4.79 Å². The molecule has 2 amide bonds. The zero-order valence-corrected chi connectivity index (χ0v) is 14.0. The molecule has 2 unspecified atom stereocenters. The monoisotopic (exact) mass is 324 g/mol. The maximum Gasteiger partial charge on any atom is 0.316 e. The molecule has 1 aliphatic rings. The van der Waals surface area contributed by atoms with Crippen molar-refractivity contribution >= 4 is 17.4 Å². The quantitative estimate of drug-likeness (QED) is 0.794. The van der Waals surface area contributed by atoms with Crippen LogP contribution in [0.15, 0.2) is 42.6 Å². The molecule has 1 heterocycles. The van der Waals surface area contributed by atoms with E-state index in [1.807, 2.05) is 36.5 Å². The number of aromatic nitrogens is 1. The molecule has 1 aliphatic carbocycles. The predicted octanol–water partition coefficient (Wildman–Crippen LogP) is 4.02. The van der Waals surface area contributed by atoms with Gasteiger partial charge < -0.3 is 16.4 Å². The number of hydrogen-bond donors (Lipinski definition) is 3. The minimum Gasteiger partial charge on any atom is -0.382 e. The highest BCUT2D eigenvalue weighted by atomic mass is 16.2. The molecule has 5 heteroatoms. The molecule has 1 saturated carbocycles. The van der Waals surface area contributed by atoms with Gasteiger partial charge in [0.25, 0.3) is 0 Å². The second-order valence-corrected chi connectivity index (χ2v) is 6.48. The Hall–Kier alpha value is -2.56. The van der Waals surface area contributed by atoms with E-state index in [4.69, 9.17) is 5.73 Å². The molecule has 0 saturated heterocycles. The summed E-state index contributed by atoms with van der Waals surface area (Å²) >= 11 is 0. The number of urea groups is 1. The maximum atomic E-state index is 11.0. The molecule has 0 spiro atoms. The first-order valence-corrected chi connectivity index (χ1v) is 8.46. The van der Waals surface area contributed by atoms with Crippen LogP contribution in [0, 0.1) is 6.92 Å². The van der Waals surface area contributed by atoms with Crippen LogP contribution in [0.1, 0.15) is 42.9 Å². The van der Waals surface area contributed by atoms with Crippen molar-refractivity contribution in [3.8, 4) is 0 Å². The van der Waals surface area contributed by atoms with Gasteiger partial charge in [-0.2, -0.15) is 0 Å². The van der Waals surface area contributed by atoms with E-state index in [0.717, 1.165) is 18.5 Å². The van der Waals surface area contributed by atoms with Crippen LogP contribution >= 0.6 is 0 Å². The van der Waals surface area contributed by atoms with Gasteiger partial charge in [-0.05, 0) is 56.0 Å². The van der Waals surface area contributed by atoms with Gasteiger partial charge in [0.15, 0.2) is 0 Å². The molecule has 1 fully saturated rings. The van der Waals surface area contributed by atoms with Crippen LogP contribution in [0.2, 0.25) is 0 Å². The summed E-state index contributed by atoms with van der Waals surface area (Å²) < 4.78 is 0. The Morgan fingerprint density at radius 2 is 2.04 bits per heavy atom. The fourth-order valence-electron chi connectivity index (χ4n) is 3.56. The maximum absolute atomic E-state index is 11.0. The van der Waals surface area contributed by atoms with Crippen LogP contribution in [-0.4, -0.2) is 17.1 Å². The Bertz CT molecular complexity index is 716. The van der Waals surface area contributed by atoms with Gasteiger partial charge in [0.05, 0.1) is 0 Å². The summed E-state index contributed by atoms with van der Waals surface area (Å²) in [6.07, 6.45) is 6.50. The van der Waals surface area contributed by atoms with Gasteiger partial charge in [0.1, 0.15) is 0 Å². The average molecular weight is 324 g/mol. The zero-order chi connectivity index (χ0) is 16.9. The molecule has 0 radical (unpaired) electrons. The average Bonchev–Trinajstić information content (AvgIpc) is 2.55. The number of aryl methyl sites for hydroxylation is 1. The van der Waals surface area contributed by atoms with E-state index < -0.39 is 6.03 Å². The molecule has 24 heavy (non-hydrogen) atoms. The van der Waals surface area contributed by atoms with Gasteiger partial charge in [-0.1, -0.05) is 18.6 Å². The van der Waals surface area contributed by atoms with Gasteiger partial charge in [-0.15, -0.1) is 0 Å². The second kappa shape index (κ2) is 7.34. The van der Waals surface area contributed by atoms with Crippen molar-refractivity contribution in [2.24, 2.45) is 5.73 Å². The first-order chi connectivity index (χ1) is 11.6. The Morgan fingerprint density at radius 1 is 1.21 bits per heavy atom. The lowest BCUT2D eigenvalue weighted by atomic mass is 9.82. The summed E-state index contributed by atoms with van der Waals surface area (Å²) in [7, 11) is 0. The van der Waals surface area contributed by atoms with Gasteiger partial charge in [0.2, 0.25) is 0 Å². The number of carbonyl (C=O) groups is 1. The van der Waals surface area contributed by atoms with E-state index in [1.165, 1.54) is 24.1 Å². The lowest BCUT2D eigenvalue weighted by molar-refractivity contribution is 0.259. The van der Waals surface area contributed by atoms with E-state index in [1.54, 1.807) is 0 Å². The minimum absolute atomic E-state index is 0.411. The third-order valence-corrected chi connectivity index (χ3v) is 4.61. The Balaban J connectivity index is 1.67. The number of nitrogens with zero attached hydrogens (tertiary/aromatic N) is 1. The van der Waals surface area contributed by atoms with E-state index in [0.29, 0.717) is 17.6 Å². The van der Waals surface area contributed by atoms with Crippen molar-refractivity contribution in [1.82, 2.24) is 4.98 Å². The third-order valence-electron chi connectivity index (χ3n) is 4.61. The van der Waals surface area contributed by atoms with Crippen molar-refractivity contribution in [3.63, 3.8) is 0 Å². The number of pyridine rings is 1. The first kappa shape index (κ1) is 16.3. The molecule has 0 bridgehead atoms. The molecule has 1 aromatic heterocycles. The molecule has 5 nitrogen and oxygen atoms in total. The van der Waals surface area contributed by atoms with E-state index in [-0.39, 0.29) is 0 Å². The molecule has 3 rings (SSSR count). The number of primary amides is 1. The zero-order valence-electron chi connectivity index (χ0n) is 14.0. The summed E-state index contributed by atoms with van der Waals surface area (Å²) in [5.41, 5.74) is 9.39. The lowest BCUT2D eigenvalue weighted by Gasteiger charge is -2.31. The number of nitrogens with one attached hydrogen (secondary N) is 2. The lowest BCUT2D eigenvalue weighted by Crippen LogP contribution is -2.27. The Kier molecular flexibility index (Phi) is 4.99.